The van der Waals surface area contributed by atoms with Crippen LogP contribution in [-0.2, 0) is 9.59 Å². The van der Waals surface area contributed by atoms with Crippen molar-refractivity contribution >= 4 is 46.2 Å². The molecule has 0 aliphatic carbocycles. The normalized spacial score (nSPS) is 15.2. The predicted octanol–water partition coefficient (Wildman–Crippen LogP) is 3.86. The van der Waals surface area contributed by atoms with E-state index in [0.29, 0.717) is 16.8 Å². The molecule has 0 radical (unpaired) electrons. The van der Waals surface area contributed by atoms with Gasteiger partial charge in [-0.15, -0.1) is 0 Å². The molecule has 2 amide bonds. The number of amides is 2. The highest BCUT2D eigenvalue weighted by Gasteiger charge is 2.38. The molecule has 0 atom stereocenters. The molecule has 25 heavy (non-hydrogen) atoms. The second-order valence-electron chi connectivity index (χ2n) is 5.65. The van der Waals surface area contributed by atoms with Crippen molar-refractivity contribution in [1.29, 1.82) is 0 Å². The van der Waals surface area contributed by atoms with Crippen LogP contribution in [0.2, 0.25) is 5.02 Å². The summed E-state index contributed by atoms with van der Waals surface area (Å²) in [7, 11) is 0. The number of carbonyl (C=O) groups is 3. The van der Waals surface area contributed by atoms with Crippen LogP contribution in [0.5, 0.6) is 0 Å². The maximum absolute atomic E-state index is 12.8. The van der Waals surface area contributed by atoms with E-state index < -0.39 is 11.8 Å². The van der Waals surface area contributed by atoms with Crippen molar-refractivity contribution < 1.29 is 19.5 Å². The number of hydrogen-bond donors (Lipinski definition) is 1. The fraction of sp³-hybridized carbons (Fsp3) is 0.105. The second kappa shape index (κ2) is 6.18. The van der Waals surface area contributed by atoms with E-state index in [0.717, 1.165) is 4.90 Å². The van der Waals surface area contributed by atoms with Gasteiger partial charge in [0.05, 0.1) is 16.3 Å². The van der Waals surface area contributed by atoms with E-state index in [1.165, 1.54) is 26.0 Å². The first-order valence-electron chi connectivity index (χ1n) is 7.51. The predicted molar refractivity (Wildman–Crippen MR) is 95.5 cm³/mol. The zero-order chi connectivity index (χ0) is 18.3. The van der Waals surface area contributed by atoms with Crippen molar-refractivity contribution in [2.45, 2.75) is 13.8 Å². The molecule has 3 rings (SSSR count). The molecular formula is C19H14ClNO4. The molecule has 6 heteroatoms. The Balaban J connectivity index is 2.32. The van der Waals surface area contributed by atoms with Crippen LogP contribution >= 0.6 is 11.6 Å². The SMILES string of the molecule is CC(=O)c1ccc2c(c1)C(=C(O)c1ccccc1Cl)C(=O)N2C(C)=O. The highest BCUT2D eigenvalue weighted by molar-refractivity contribution is 6.43. The number of aliphatic hydroxyl groups is 1. The van der Waals surface area contributed by atoms with Gasteiger partial charge in [0.1, 0.15) is 5.76 Å². The Hall–Kier alpha value is -2.92. The number of Topliss-reactive ketones (excluding diaryl/α,β-unsaturated/α-hetero) is 1. The molecule has 0 spiro atoms. The van der Waals surface area contributed by atoms with Gasteiger partial charge in [-0.05, 0) is 37.3 Å². The second-order valence-corrected chi connectivity index (χ2v) is 6.06. The first kappa shape index (κ1) is 16.9. The van der Waals surface area contributed by atoms with Gasteiger partial charge in [0.15, 0.2) is 5.78 Å². The highest BCUT2D eigenvalue weighted by Crippen LogP contribution is 2.41. The summed E-state index contributed by atoms with van der Waals surface area (Å²) >= 11 is 6.11. The minimum absolute atomic E-state index is 0.0543. The summed E-state index contributed by atoms with van der Waals surface area (Å²) < 4.78 is 0. The number of hydrogen-bond acceptors (Lipinski definition) is 4. The number of fused-ring (bicyclic) bond motifs is 1. The van der Waals surface area contributed by atoms with Crippen LogP contribution in [0.1, 0.15) is 35.3 Å². The quantitative estimate of drug-likeness (QED) is 0.504. The van der Waals surface area contributed by atoms with E-state index >= 15 is 0 Å². The molecule has 1 aliphatic heterocycles. The molecule has 0 fully saturated rings. The van der Waals surface area contributed by atoms with Crippen LogP contribution < -0.4 is 4.90 Å². The third-order valence-electron chi connectivity index (χ3n) is 4.01. The van der Waals surface area contributed by atoms with Crippen LogP contribution in [0.15, 0.2) is 42.5 Å². The third kappa shape index (κ3) is 2.72. The number of rotatable bonds is 2. The summed E-state index contributed by atoms with van der Waals surface area (Å²) in [5.41, 5.74) is 1.25. The fourth-order valence-corrected chi connectivity index (χ4v) is 3.04. The molecule has 2 aromatic carbocycles. The Morgan fingerprint density at radius 3 is 2.36 bits per heavy atom. The maximum atomic E-state index is 12.8. The molecule has 5 nitrogen and oxygen atoms in total. The number of carbonyl (C=O) groups excluding carboxylic acids is 3. The van der Waals surface area contributed by atoms with Crippen molar-refractivity contribution in [3.05, 3.63) is 64.2 Å². The lowest BCUT2D eigenvalue weighted by molar-refractivity contribution is -0.122. The number of halogens is 1. The van der Waals surface area contributed by atoms with Crippen LogP contribution in [0, 0.1) is 0 Å². The minimum atomic E-state index is -0.652. The average molecular weight is 356 g/mol. The summed E-state index contributed by atoms with van der Waals surface area (Å²) in [6.45, 7) is 2.66. The van der Waals surface area contributed by atoms with Crippen molar-refractivity contribution in [1.82, 2.24) is 0 Å². The van der Waals surface area contributed by atoms with Gasteiger partial charge in [0.25, 0.3) is 5.91 Å². The van der Waals surface area contributed by atoms with E-state index in [1.54, 1.807) is 30.3 Å². The topological polar surface area (TPSA) is 74.7 Å². The minimum Gasteiger partial charge on any atom is -0.506 e. The monoisotopic (exact) mass is 355 g/mol. The summed E-state index contributed by atoms with van der Waals surface area (Å²) in [6, 6.07) is 11.1. The number of ketones is 1. The molecule has 0 saturated carbocycles. The van der Waals surface area contributed by atoms with Crippen LogP contribution in [0.3, 0.4) is 0 Å². The van der Waals surface area contributed by atoms with Crippen molar-refractivity contribution in [2.24, 2.45) is 0 Å². The Morgan fingerprint density at radius 2 is 1.76 bits per heavy atom. The lowest BCUT2D eigenvalue weighted by Crippen LogP contribution is -2.31. The van der Waals surface area contributed by atoms with E-state index in [1.807, 2.05) is 0 Å². The van der Waals surface area contributed by atoms with Gasteiger partial charge < -0.3 is 5.11 Å². The molecule has 1 aliphatic rings. The molecule has 2 aromatic rings. The molecular weight excluding hydrogens is 342 g/mol. The molecule has 126 valence electrons. The number of nitrogens with zero attached hydrogens (tertiary/aromatic N) is 1. The van der Waals surface area contributed by atoms with Crippen LogP contribution in [0.25, 0.3) is 11.3 Å². The highest BCUT2D eigenvalue weighted by atomic mass is 35.5. The van der Waals surface area contributed by atoms with Gasteiger partial charge in [0.2, 0.25) is 5.91 Å². The first-order chi connectivity index (χ1) is 11.8. The molecule has 0 aromatic heterocycles. The van der Waals surface area contributed by atoms with E-state index in [9.17, 15) is 19.5 Å². The summed E-state index contributed by atoms with van der Waals surface area (Å²) in [4.78, 5) is 37.3. The zero-order valence-electron chi connectivity index (χ0n) is 13.5. The fourth-order valence-electron chi connectivity index (χ4n) is 2.82. The van der Waals surface area contributed by atoms with Crippen molar-refractivity contribution in [2.75, 3.05) is 4.90 Å². The lowest BCUT2D eigenvalue weighted by Gasteiger charge is -2.12. The van der Waals surface area contributed by atoms with Crippen molar-refractivity contribution in [3.63, 3.8) is 0 Å². The summed E-state index contributed by atoms with van der Waals surface area (Å²) in [5, 5.41) is 11.0. The number of anilines is 1. The van der Waals surface area contributed by atoms with Gasteiger partial charge in [0, 0.05) is 23.6 Å². The van der Waals surface area contributed by atoms with Crippen LogP contribution in [0.4, 0.5) is 5.69 Å². The first-order valence-corrected chi connectivity index (χ1v) is 7.89. The third-order valence-corrected chi connectivity index (χ3v) is 4.34. The van der Waals surface area contributed by atoms with Crippen LogP contribution in [-0.4, -0.2) is 22.7 Å². The van der Waals surface area contributed by atoms with Gasteiger partial charge in [-0.1, -0.05) is 23.7 Å². The molecule has 0 unspecified atom stereocenters. The van der Waals surface area contributed by atoms with E-state index in [-0.39, 0.29) is 27.7 Å². The standard InChI is InChI=1S/C19H14ClNO4/c1-10(22)12-7-8-16-14(9-12)17(19(25)21(16)11(2)23)18(24)13-5-3-4-6-15(13)20/h3-9,24H,1-2H3. The number of imide groups is 1. The van der Waals surface area contributed by atoms with Gasteiger partial charge in [-0.25, -0.2) is 4.90 Å². The Morgan fingerprint density at radius 1 is 1.08 bits per heavy atom. The summed E-state index contributed by atoms with van der Waals surface area (Å²) in [6.07, 6.45) is 0. The number of aliphatic hydroxyl groups excluding tert-OH is 1. The Kier molecular flexibility index (Phi) is 4.18. The molecule has 0 saturated heterocycles. The maximum Gasteiger partial charge on any atom is 0.269 e. The largest absolute Gasteiger partial charge is 0.506 e. The smallest absolute Gasteiger partial charge is 0.269 e. The number of benzene rings is 2. The summed E-state index contributed by atoms with van der Waals surface area (Å²) in [5.74, 6) is -1.65. The Bertz CT molecular complexity index is 962. The van der Waals surface area contributed by atoms with Gasteiger partial charge >= 0.3 is 0 Å². The Labute approximate surface area is 149 Å². The molecule has 1 N–H and O–H groups in total. The van der Waals surface area contributed by atoms with Gasteiger partial charge in [-0.3, -0.25) is 14.4 Å². The zero-order valence-corrected chi connectivity index (χ0v) is 14.3. The van der Waals surface area contributed by atoms with Crippen molar-refractivity contribution in [3.8, 4) is 0 Å². The molecule has 1 heterocycles. The van der Waals surface area contributed by atoms with E-state index in [2.05, 4.69) is 0 Å². The average Bonchev–Trinajstić information content (AvgIpc) is 2.85. The molecule has 0 bridgehead atoms. The van der Waals surface area contributed by atoms with E-state index in [4.69, 9.17) is 11.6 Å². The van der Waals surface area contributed by atoms with Gasteiger partial charge in [-0.2, -0.15) is 0 Å². The lowest BCUT2D eigenvalue weighted by atomic mass is 9.99.